The van der Waals surface area contributed by atoms with Crippen molar-refractivity contribution in [3.8, 4) is 11.6 Å². The second kappa shape index (κ2) is 6.27. The molecule has 22 heavy (non-hydrogen) atoms. The van der Waals surface area contributed by atoms with Crippen molar-refractivity contribution in [2.24, 2.45) is 5.10 Å². The number of benzene rings is 1. The average Bonchev–Trinajstić information content (AvgIpc) is 3.04. The largest absolute Gasteiger partial charge is 0.436 e. The lowest BCUT2D eigenvalue weighted by atomic mass is 10.2. The van der Waals surface area contributed by atoms with Crippen molar-refractivity contribution in [2.75, 3.05) is 0 Å². The number of halogens is 2. The first-order valence-electron chi connectivity index (χ1n) is 6.05. The molecule has 0 fully saturated rings. The van der Waals surface area contributed by atoms with E-state index in [2.05, 4.69) is 25.3 Å². The molecule has 2 heterocycles. The standard InChI is InChI=1S/C13H8ClFN6O/c14-13-16-6-11(15)12(20-13)22-10-3-1-9(2-4-10)5-19-21-7-17-18-8-21/h1-8H/b19-5+. The zero-order valence-electron chi connectivity index (χ0n) is 11.0. The van der Waals surface area contributed by atoms with Gasteiger partial charge in [0.15, 0.2) is 0 Å². The molecule has 0 amide bonds. The van der Waals surface area contributed by atoms with E-state index in [9.17, 15) is 4.39 Å². The summed E-state index contributed by atoms with van der Waals surface area (Å²) in [6, 6.07) is 6.82. The summed E-state index contributed by atoms with van der Waals surface area (Å²) < 4.78 is 20.2. The molecule has 9 heteroatoms. The van der Waals surface area contributed by atoms with Crippen molar-refractivity contribution in [1.29, 1.82) is 0 Å². The molecule has 0 radical (unpaired) electrons. The molecule has 0 spiro atoms. The lowest BCUT2D eigenvalue weighted by Crippen LogP contribution is -1.94. The number of nitrogens with zero attached hydrogens (tertiary/aromatic N) is 6. The third-order valence-electron chi connectivity index (χ3n) is 2.52. The van der Waals surface area contributed by atoms with Crippen LogP contribution in [-0.2, 0) is 0 Å². The van der Waals surface area contributed by atoms with Gasteiger partial charge in [-0.3, -0.25) is 0 Å². The van der Waals surface area contributed by atoms with Crippen LogP contribution in [0, 0.1) is 5.82 Å². The van der Waals surface area contributed by atoms with Crippen LogP contribution < -0.4 is 4.74 Å². The lowest BCUT2D eigenvalue weighted by Gasteiger charge is -2.05. The molecule has 0 aliphatic heterocycles. The van der Waals surface area contributed by atoms with E-state index in [0.717, 1.165) is 11.8 Å². The molecule has 2 aromatic heterocycles. The second-order valence-corrected chi connectivity index (χ2v) is 4.39. The van der Waals surface area contributed by atoms with E-state index < -0.39 is 5.82 Å². The topological polar surface area (TPSA) is 78.1 Å². The van der Waals surface area contributed by atoms with Gasteiger partial charge in [0.1, 0.15) is 18.4 Å². The number of ether oxygens (including phenoxy) is 1. The quantitative estimate of drug-likeness (QED) is 0.545. The fourth-order valence-electron chi connectivity index (χ4n) is 1.52. The summed E-state index contributed by atoms with van der Waals surface area (Å²) >= 11 is 5.60. The fourth-order valence-corrected chi connectivity index (χ4v) is 1.65. The normalized spacial score (nSPS) is 11.0. The summed E-state index contributed by atoms with van der Waals surface area (Å²) in [5, 5.41) is 11.3. The Morgan fingerprint density at radius 1 is 1.18 bits per heavy atom. The first-order chi connectivity index (χ1) is 10.7. The summed E-state index contributed by atoms with van der Waals surface area (Å²) in [7, 11) is 0. The van der Waals surface area contributed by atoms with Crippen LogP contribution in [0.4, 0.5) is 4.39 Å². The maximum Gasteiger partial charge on any atom is 0.260 e. The highest BCUT2D eigenvalue weighted by Gasteiger charge is 2.08. The molecule has 3 rings (SSSR count). The second-order valence-electron chi connectivity index (χ2n) is 4.05. The average molecular weight is 319 g/mol. The zero-order valence-corrected chi connectivity index (χ0v) is 11.7. The van der Waals surface area contributed by atoms with Crippen LogP contribution in [0.25, 0.3) is 0 Å². The maximum absolute atomic E-state index is 13.5. The van der Waals surface area contributed by atoms with Crippen molar-refractivity contribution in [3.63, 3.8) is 0 Å². The van der Waals surface area contributed by atoms with E-state index in [0.29, 0.717) is 5.75 Å². The van der Waals surface area contributed by atoms with Gasteiger partial charge in [-0.1, -0.05) is 0 Å². The minimum absolute atomic E-state index is 0.0888. The molecule has 0 unspecified atom stereocenters. The van der Waals surface area contributed by atoms with Gasteiger partial charge in [-0.25, -0.2) is 9.66 Å². The van der Waals surface area contributed by atoms with Gasteiger partial charge in [0.25, 0.3) is 5.88 Å². The molecule has 0 aliphatic carbocycles. The number of rotatable bonds is 4. The predicted octanol–water partition coefficient (Wildman–Crippen LogP) is 2.54. The van der Waals surface area contributed by atoms with Crippen molar-refractivity contribution in [1.82, 2.24) is 24.8 Å². The van der Waals surface area contributed by atoms with Crippen LogP contribution >= 0.6 is 11.6 Å². The first kappa shape index (κ1) is 14.1. The number of hydrogen-bond acceptors (Lipinski definition) is 6. The van der Waals surface area contributed by atoms with Gasteiger partial charge in [-0.05, 0) is 41.4 Å². The summed E-state index contributed by atoms with van der Waals surface area (Å²) in [6.07, 6.45) is 5.51. The number of aromatic nitrogens is 5. The summed E-state index contributed by atoms with van der Waals surface area (Å²) in [6.45, 7) is 0. The molecule has 0 N–H and O–H groups in total. The monoisotopic (exact) mass is 318 g/mol. The van der Waals surface area contributed by atoms with Crippen molar-refractivity contribution in [2.45, 2.75) is 0 Å². The summed E-state index contributed by atoms with van der Waals surface area (Å²) in [5.74, 6) is -0.510. The Morgan fingerprint density at radius 3 is 2.64 bits per heavy atom. The SMILES string of the molecule is Fc1cnc(Cl)nc1Oc1ccc(/C=N/n2cnnc2)cc1. The van der Waals surface area contributed by atoms with Crippen LogP contribution in [0.5, 0.6) is 11.6 Å². The Hall–Kier alpha value is -2.87. The van der Waals surface area contributed by atoms with Crippen LogP contribution in [0.2, 0.25) is 5.28 Å². The predicted molar refractivity (Wildman–Crippen MR) is 76.5 cm³/mol. The van der Waals surface area contributed by atoms with Gasteiger partial charge < -0.3 is 4.74 Å². The first-order valence-corrected chi connectivity index (χ1v) is 6.43. The minimum atomic E-state index is -0.692. The molecular weight excluding hydrogens is 311 g/mol. The fraction of sp³-hybridized carbons (Fsp3) is 0. The molecule has 0 saturated carbocycles. The van der Waals surface area contributed by atoms with E-state index in [-0.39, 0.29) is 11.2 Å². The Balaban J connectivity index is 1.73. The molecule has 0 aliphatic rings. The Morgan fingerprint density at radius 2 is 1.91 bits per heavy atom. The van der Waals surface area contributed by atoms with Gasteiger partial charge in [0.05, 0.1) is 12.4 Å². The van der Waals surface area contributed by atoms with Gasteiger partial charge in [0, 0.05) is 0 Å². The van der Waals surface area contributed by atoms with E-state index in [1.807, 2.05) is 0 Å². The van der Waals surface area contributed by atoms with Gasteiger partial charge in [0.2, 0.25) is 11.1 Å². The molecule has 0 saturated heterocycles. The van der Waals surface area contributed by atoms with Crippen LogP contribution in [0.15, 0.2) is 48.2 Å². The molecule has 110 valence electrons. The Bertz CT molecular complexity index is 791. The molecule has 7 nitrogen and oxygen atoms in total. The van der Waals surface area contributed by atoms with Crippen molar-refractivity contribution in [3.05, 3.63) is 59.8 Å². The van der Waals surface area contributed by atoms with E-state index in [1.165, 1.54) is 17.3 Å². The third-order valence-corrected chi connectivity index (χ3v) is 2.71. The van der Waals surface area contributed by atoms with Crippen LogP contribution in [-0.4, -0.2) is 31.1 Å². The Labute approximate surface area is 129 Å². The van der Waals surface area contributed by atoms with Gasteiger partial charge >= 0.3 is 0 Å². The zero-order chi connectivity index (χ0) is 15.4. The van der Waals surface area contributed by atoms with Crippen molar-refractivity contribution >= 4 is 17.8 Å². The molecule has 0 atom stereocenters. The smallest absolute Gasteiger partial charge is 0.260 e. The molecule has 1 aromatic carbocycles. The van der Waals surface area contributed by atoms with E-state index in [4.69, 9.17) is 16.3 Å². The highest BCUT2D eigenvalue weighted by Crippen LogP contribution is 2.22. The molecular formula is C13H8ClFN6O. The van der Waals surface area contributed by atoms with Crippen molar-refractivity contribution < 1.29 is 9.13 Å². The van der Waals surface area contributed by atoms with Crippen LogP contribution in [0.1, 0.15) is 5.56 Å². The van der Waals surface area contributed by atoms with Gasteiger partial charge in [-0.15, -0.1) is 10.2 Å². The summed E-state index contributed by atoms with van der Waals surface area (Å²) in [4.78, 5) is 7.19. The molecule has 0 bridgehead atoms. The van der Waals surface area contributed by atoms with E-state index >= 15 is 0 Å². The molecule has 3 aromatic rings. The third kappa shape index (κ3) is 3.41. The van der Waals surface area contributed by atoms with E-state index in [1.54, 1.807) is 30.5 Å². The van der Waals surface area contributed by atoms with Gasteiger partial charge in [-0.2, -0.15) is 14.5 Å². The Kier molecular flexibility index (Phi) is 4.01. The highest BCUT2D eigenvalue weighted by molar-refractivity contribution is 6.28. The highest BCUT2D eigenvalue weighted by atomic mass is 35.5. The minimum Gasteiger partial charge on any atom is -0.436 e. The lowest BCUT2D eigenvalue weighted by molar-refractivity contribution is 0.420. The summed E-state index contributed by atoms with van der Waals surface area (Å²) in [5.41, 5.74) is 0.822. The maximum atomic E-state index is 13.5. The van der Waals surface area contributed by atoms with Crippen LogP contribution in [0.3, 0.4) is 0 Å². The number of hydrogen-bond donors (Lipinski definition) is 0.